The summed E-state index contributed by atoms with van der Waals surface area (Å²) in [6.45, 7) is 2.61. The Labute approximate surface area is 117 Å². The molecule has 2 rings (SSSR count). The second-order valence-electron chi connectivity index (χ2n) is 4.46. The van der Waals surface area contributed by atoms with Crippen molar-refractivity contribution < 1.29 is 4.79 Å². The number of hydrogen-bond acceptors (Lipinski definition) is 5. The van der Waals surface area contributed by atoms with Gasteiger partial charge in [-0.1, -0.05) is 30.3 Å². The molecule has 0 spiro atoms. The van der Waals surface area contributed by atoms with E-state index in [4.69, 9.17) is 5.73 Å². The molecule has 1 heterocycles. The van der Waals surface area contributed by atoms with Gasteiger partial charge in [0.2, 0.25) is 5.91 Å². The number of nitrogens with zero attached hydrogens (tertiary/aromatic N) is 4. The van der Waals surface area contributed by atoms with E-state index in [2.05, 4.69) is 20.8 Å². The third-order valence-electron chi connectivity index (χ3n) is 2.97. The SMILES string of the molecule is Cc1nnnn1C(Cc1ccccc1)C(=O)NCCN. The molecule has 106 valence electrons. The van der Waals surface area contributed by atoms with Gasteiger partial charge < -0.3 is 11.1 Å². The van der Waals surface area contributed by atoms with Crippen LogP contribution in [0.25, 0.3) is 0 Å². The lowest BCUT2D eigenvalue weighted by Gasteiger charge is -2.17. The lowest BCUT2D eigenvalue weighted by molar-refractivity contribution is -0.124. The van der Waals surface area contributed by atoms with Crippen LogP contribution in [0, 0.1) is 6.92 Å². The number of benzene rings is 1. The zero-order valence-corrected chi connectivity index (χ0v) is 11.4. The third kappa shape index (κ3) is 3.39. The first-order valence-corrected chi connectivity index (χ1v) is 6.48. The predicted molar refractivity (Wildman–Crippen MR) is 73.8 cm³/mol. The average Bonchev–Trinajstić information content (AvgIpc) is 2.89. The van der Waals surface area contributed by atoms with Gasteiger partial charge in [-0.15, -0.1) is 5.10 Å². The third-order valence-corrected chi connectivity index (χ3v) is 2.97. The zero-order valence-electron chi connectivity index (χ0n) is 11.4. The fourth-order valence-electron chi connectivity index (χ4n) is 1.97. The molecule has 7 nitrogen and oxygen atoms in total. The van der Waals surface area contributed by atoms with Gasteiger partial charge in [0.25, 0.3) is 0 Å². The van der Waals surface area contributed by atoms with Crippen LogP contribution in [-0.2, 0) is 11.2 Å². The minimum atomic E-state index is -0.473. The van der Waals surface area contributed by atoms with Crippen molar-refractivity contribution in [2.45, 2.75) is 19.4 Å². The molecule has 3 N–H and O–H groups in total. The van der Waals surface area contributed by atoms with Crippen LogP contribution in [0.2, 0.25) is 0 Å². The highest BCUT2D eigenvalue weighted by Crippen LogP contribution is 2.14. The van der Waals surface area contributed by atoms with Crippen molar-refractivity contribution in [1.82, 2.24) is 25.5 Å². The average molecular weight is 274 g/mol. The van der Waals surface area contributed by atoms with Crippen molar-refractivity contribution in [3.63, 3.8) is 0 Å². The Morgan fingerprint density at radius 3 is 2.75 bits per heavy atom. The second kappa shape index (κ2) is 6.76. The highest BCUT2D eigenvalue weighted by molar-refractivity contribution is 5.80. The van der Waals surface area contributed by atoms with Crippen molar-refractivity contribution in [3.8, 4) is 0 Å². The summed E-state index contributed by atoms with van der Waals surface area (Å²) in [6, 6.07) is 9.30. The molecule has 0 aliphatic carbocycles. The minimum Gasteiger partial charge on any atom is -0.353 e. The summed E-state index contributed by atoms with van der Waals surface area (Å²) < 4.78 is 1.54. The van der Waals surface area contributed by atoms with Crippen LogP contribution in [-0.4, -0.2) is 39.2 Å². The summed E-state index contributed by atoms with van der Waals surface area (Å²) in [6.07, 6.45) is 0.531. The number of aromatic nitrogens is 4. The number of carbonyl (C=O) groups is 1. The molecule has 2 aromatic rings. The Morgan fingerprint density at radius 1 is 1.40 bits per heavy atom. The van der Waals surface area contributed by atoms with Gasteiger partial charge in [-0.05, 0) is 22.9 Å². The number of nitrogens with one attached hydrogen (secondary N) is 1. The maximum absolute atomic E-state index is 12.3. The molecule has 0 bridgehead atoms. The lowest BCUT2D eigenvalue weighted by atomic mass is 10.1. The Hall–Kier alpha value is -2.28. The summed E-state index contributed by atoms with van der Waals surface area (Å²) >= 11 is 0. The van der Waals surface area contributed by atoms with E-state index in [0.717, 1.165) is 5.56 Å². The number of aryl methyl sites for hydroxylation is 1. The molecule has 1 atom stereocenters. The van der Waals surface area contributed by atoms with Crippen LogP contribution < -0.4 is 11.1 Å². The smallest absolute Gasteiger partial charge is 0.245 e. The highest BCUT2D eigenvalue weighted by atomic mass is 16.2. The maximum Gasteiger partial charge on any atom is 0.245 e. The van der Waals surface area contributed by atoms with Gasteiger partial charge >= 0.3 is 0 Å². The van der Waals surface area contributed by atoms with Gasteiger partial charge in [0.05, 0.1) is 0 Å². The standard InChI is InChI=1S/C13H18N6O/c1-10-16-17-18-19(10)12(13(20)15-8-7-14)9-11-5-3-2-4-6-11/h2-6,12H,7-9,14H2,1H3,(H,15,20). The molecule has 1 aromatic carbocycles. The first kappa shape index (κ1) is 14.1. The number of carbonyl (C=O) groups excluding carboxylic acids is 1. The van der Waals surface area contributed by atoms with Crippen LogP contribution >= 0.6 is 0 Å². The molecule has 0 aliphatic rings. The zero-order chi connectivity index (χ0) is 14.4. The Morgan fingerprint density at radius 2 is 2.15 bits per heavy atom. The van der Waals surface area contributed by atoms with E-state index in [1.54, 1.807) is 11.6 Å². The molecule has 7 heteroatoms. The molecule has 0 radical (unpaired) electrons. The van der Waals surface area contributed by atoms with Crippen molar-refractivity contribution in [1.29, 1.82) is 0 Å². The minimum absolute atomic E-state index is 0.130. The van der Waals surface area contributed by atoms with Gasteiger partial charge in [0.1, 0.15) is 11.9 Å². The Bertz CT molecular complexity index is 553. The molecule has 1 unspecified atom stereocenters. The number of tetrazole rings is 1. The van der Waals surface area contributed by atoms with E-state index in [9.17, 15) is 4.79 Å². The lowest BCUT2D eigenvalue weighted by Crippen LogP contribution is -2.37. The van der Waals surface area contributed by atoms with E-state index < -0.39 is 6.04 Å². The molecule has 0 saturated heterocycles. The van der Waals surface area contributed by atoms with Crippen LogP contribution in [0.15, 0.2) is 30.3 Å². The summed E-state index contributed by atoms with van der Waals surface area (Å²) in [4.78, 5) is 12.3. The van der Waals surface area contributed by atoms with E-state index in [0.29, 0.717) is 25.3 Å². The topological polar surface area (TPSA) is 98.7 Å². The number of rotatable bonds is 6. The fraction of sp³-hybridized carbons (Fsp3) is 0.385. The first-order valence-electron chi connectivity index (χ1n) is 6.48. The van der Waals surface area contributed by atoms with Crippen LogP contribution in [0.1, 0.15) is 17.4 Å². The number of amides is 1. The molecule has 0 saturated carbocycles. The Balaban J connectivity index is 2.20. The largest absolute Gasteiger partial charge is 0.353 e. The number of nitrogens with two attached hydrogens (primary N) is 1. The second-order valence-corrected chi connectivity index (χ2v) is 4.46. The van der Waals surface area contributed by atoms with E-state index in [1.807, 2.05) is 30.3 Å². The molecular weight excluding hydrogens is 256 g/mol. The van der Waals surface area contributed by atoms with Crippen LogP contribution in [0.3, 0.4) is 0 Å². The van der Waals surface area contributed by atoms with Crippen molar-refractivity contribution in [3.05, 3.63) is 41.7 Å². The maximum atomic E-state index is 12.3. The summed E-state index contributed by atoms with van der Waals surface area (Å²) in [5, 5.41) is 14.1. The van der Waals surface area contributed by atoms with E-state index >= 15 is 0 Å². The van der Waals surface area contributed by atoms with Crippen LogP contribution in [0.4, 0.5) is 0 Å². The highest BCUT2D eigenvalue weighted by Gasteiger charge is 2.23. The quantitative estimate of drug-likeness (QED) is 0.762. The van der Waals surface area contributed by atoms with Crippen LogP contribution in [0.5, 0.6) is 0 Å². The van der Waals surface area contributed by atoms with E-state index in [-0.39, 0.29) is 5.91 Å². The van der Waals surface area contributed by atoms with Crippen molar-refractivity contribution >= 4 is 5.91 Å². The predicted octanol–water partition coefficient (Wildman–Crippen LogP) is -0.160. The normalized spacial score (nSPS) is 12.1. The molecule has 1 aromatic heterocycles. The molecular formula is C13H18N6O. The summed E-state index contributed by atoms with van der Waals surface area (Å²) in [5.74, 6) is 0.475. The van der Waals surface area contributed by atoms with Gasteiger partial charge in [0, 0.05) is 19.5 Å². The van der Waals surface area contributed by atoms with Gasteiger partial charge in [0.15, 0.2) is 0 Å². The van der Waals surface area contributed by atoms with Gasteiger partial charge in [-0.3, -0.25) is 4.79 Å². The van der Waals surface area contributed by atoms with Gasteiger partial charge in [-0.25, -0.2) is 4.68 Å². The van der Waals surface area contributed by atoms with Gasteiger partial charge in [-0.2, -0.15) is 0 Å². The van der Waals surface area contributed by atoms with E-state index in [1.165, 1.54) is 0 Å². The van der Waals surface area contributed by atoms with Crippen molar-refractivity contribution in [2.75, 3.05) is 13.1 Å². The Kier molecular flexibility index (Phi) is 4.78. The number of hydrogen-bond donors (Lipinski definition) is 2. The molecule has 1 amide bonds. The first-order chi connectivity index (χ1) is 9.72. The summed E-state index contributed by atoms with van der Waals surface area (Å²) in [7, 11) is 0. The summed E-state index contributed by atoms with van der Waals surface area (Å²) in [5.41, 5.74) is 6.47. The van der Waals surface area contributed by atoms with Crippen molar-refractivity contribution in [2.24, 2.45) is 5.73 Å². The molecule has 20 heavy (non-hydrogen) atoms. The fourth-order valence-corrected chi connectivity index (χ4v) is 1.97. The molecule has 0 aliphatic heterocycles. The molecule has 0 fully saturated rings. The monoisotopic (exact) mass is 274 g/mol.